The highest BCUT2D eigenvalue weighted by Crippen LogP contribution is 2.20. The van der Waals surface area contributed by atoms with Crippen LogP contribution in [0.1, 0.15) is 18.2 Å². The second kappa shape index (κ2) is 5.85. The summed E-state index contributed by atoms with van der Waals surface area (Å²) in [4.78, 5) is 33.7. The van der Waals surface area contributed by atoms with Crippen LogP contribution in [0.15, 0.2) is 21.4 Å². The number of aliphatic hydroxyl groups is 1. The molecule has 7 nitrogen and oxygen atoms in total. The van der Waals surface area contributed by atoms with Crippen LogP contribution in [0.4, 0.5) is 0 Å². The van der Waals surface area contributed by atoms with Gasteiger partial charge in [-0.2, -0.15) is 0 Å². The molecular formula is C12H12O7. The highest BCUT2D eigenvalue weighted by Gasteiger charge is 2.18. The molecule has 0 unspecified atom stereocenters. The summed E-state index contributed by atoms with van der Waals surface area (Å²) >= 11 is 0. The number of aromatic hydroxyl groups is 1. The lowest BCUT2D eigenvalue weighted by Crippen LogP contribution is -2.16. The van der Waals surface area contributed by atoms with E-state index >= 15 is 0 Å². The monoisotopic (exact) mass is 268 g/mol. The summed E-state index contributed by atoms with van der Waals surface area (Å²) in [6, 6.07) is 1.09. The van der Waals surface area contributed by atoms with Crippen LogP contribution in [-0.2, 0) is 14.3 Å². The first kappa shape index (κ1) is 14.5. The molecule has 0 aromatic carbocycles. The lowest BCUT2D eigenvalue weighted by molar-refractivity contribution is -0.151. The van der Waals surface area contributed by atoms with Gasteiger partial charge in [-0.1, -0.05) is 0 Å². The molecule has 1 heterocycles. The number of hydrogen-bond acceptors (Lipinski definition) is 7. The van der Waals surface area contributed by atoms with Gasteiger partial charge >= 0.3 is 11.6 Å². The van der Waals surface area contributed by atoms with E-state index in [0.717, 1.165) is 6.07 Å². The Labute approximate surface area is 107 Å². The maximum absolute atomic E-state index is 11.4. The van der Waals surface area contributed by atoms with E-state index in [1.165, 1.54) is 13.8 Å². The Balaban J connectivity index is 3.14. The molecule has 1 rings (SSSR count). The van der Waals surface area contributed by atoms with E-state index in [-0.39, 0.29) is 12.4 Å². The predicted molar refractivity (Wildman–Crippen MR) is 63.6 cm³/mol. The summed E-state index contributed by atoms with van der Waals surface area (Å²) < 4.78 is 9.07. The third-order valence-corrected chi connectivity index (χ3v) is 2.05. The van der Waals surface area contributed by atoms with E-state index in [1.807, 2.05) is 0 Å². The van der Waals surface area contributed by atoms with E-state index < -0.39 is 34.5 Å². The summed E-state index contributed by atoms with van der Waals surface area (Å²) in [5.41, 5.74) is -1.62. The molecule has 0 bridgehead atoms. The van der Waals surface area contributed by atoms with Crippen molar-refractivity contribution in [2.45, 2.75) is 13.8 Å². The van der Waals surface area contributed by atoms with Crippen molar-refractivity contribution in [2.24, 2.45) is 0 Å². The summed E-state index contributed by atoms with van der Waals surface area (Å²) in [5.74, 6) is -3.62. The van der Waals surface area contributed by atoms with Crippen LogP contribution in [0.2, 0.25) is 0 Å². The minimum absolute atomic E-state index is 0.00288. The van der Waals surface area contributed by atoms with Gasteiger partial charge in [-0.15, -0.1) is 0 Å². The summed E-state index contributed by atoms with van der Waals surface area (Å²) in [6.45, 7) is 2.93. The van der Waals surface area contributed by atoms with Crippen LogP contribution in [0, 0.1) is 6.92 Å². The molecule has 0 aliphatic carbocycles. The van der Waals surface area contributed by atoms with Gasteiger partial charge < -0.3 is 19.4 Å². The topological polar surface area (TPSA) is 114 Å². The molecule has 1 aromatic rings. The third kappa shape index (κ3) is 3.44. The molecular weight excluding hydrogens is 256 g/mol. The van der Waals surface area contributed by atoms with Crippen LogP contribution < -0.4 is 5.63 Å². The zero-order chi connectivity index (χ0) is 14.6. The minimum Gasteiger partial charge on any atom is -0.507 e. The molecule has 0 radical (unpaired) electrons. The van der Waals surface area contributed by atoms with Gasteiger partial charge in [0.1, 0.15) is 22.8 Å². The quantitative estimate of drug-likeness (QED) is 0.357. The molecule has 0 saturated heterocycles. The molecule has 0 spiro atoms. The lowest BCUT2D eigenvalue weighted by Gasteiger charge is -2.02. The van der Waals surface area contributed by atoms with E-state index in [2.05, 4.69) is 9.15 Å². The van der Waals surface area contributed by atoms with Gasteiger partial charge in [-0.05, 0) is 13.8 Å². The van der Waals surface area contributed by atoms with E-state index in [0.29, 0.717) is 6.08 Å². The molecule has 0 amide bonds. The van der Waals surface area contributed by atoms with Crippen molar-refractivity contribution in [2.75, 3.05) is 6.61 Å². The Morgan fingerprint density at radius 3 is 2.63 bits per heavy atom. The van der Waals surface area contributed by atoms with E-state index in [9.17, 15) is 24.6 Å². The summed E-state index contributed by atoms with van der Waals surface area (Å²) in [6.07, 6.45) is 0.485. The van der Waals surface area contributed by atoms with Crippen molar-refractivity contribution < 1.29 is 29.0 Å². The molecule has 0 atom stereocenters. The largest absolute Gasteiger partial charge is 0.507 e. The third-order valence-electron chi connectivity index (χ3n) is 2.05. The van der Waals surface area contributed by atoms with Crippen molar-refractivity contribution in [1.29, 1.82) is 0 Å². The smallest absolute Gasteiger partial charge is 0.379 e. The Bertz CT molecular complexity index is 595. The summed E-state index contributed by atoms with van der Waals surface area (Å²) in [5, 5.41) is 19.1. The normalized spacial score (nSPS) is 11.2. The van der Waals surface area contributed by atoms with Crippen LogP contribution >= 0.6 is 0 Å². The Morgan fingerprint density at radius 1 is 1.47 bits per heavy atom. The predicted octanol–water partition coefficient (Wildman–Crippen LogP) is 0.685. The average molecular weight is 268 g/mol. The number of aryl methyl sites for hydroxylation is 1. The molecule has 1 aromatic heterocycles. The Hall–Kier alpha value is -2.57. The highest BCUT2D eigenvalue weighted by atomic mass is 16.5. The Morgan fingerprint density at radius 2 is 2.11 bits per heavy atom. The van der Waals surface area contributed by atoms with Crippen molar-refractivity contribution in [3.8, 4) is 5.75 Å². The van der Waals surface area contributed by atoms with Crippen LogP contribution in [0.25, 0.3) is 5.76 Å². The maximum atomic E-state index is 11.4. The standard InChI is InChI=1S/C12H12O7/c1-3-18-11(16)9(15)5-8(14)10-7(13)4-6(2)19-12(10)17/h4-5,13-14H,3H2,1-2H3. The molecule has 2 N–H and O–H groups in total. The molecule has 0 aliphatic heterocycles. The van der Waals surface area contributed by atoms with E-state index in [4.69, 9.17) is 0 Å². The van der Waals surface area contributed by atoms with Crippen molar-refractivity contribution >= 4 is 17.5 Å². The number of ether oxygens (including phenoxy) is 1. The zero-order valence-electron chi connectivity index (χ0n) is 10.3. The lowest BCUT2D eigenvalue weighted by atomic mass is 10.2. The fourth-order valence-corrected chi connectivity index (χ4v) is 1.29. The van der Waals surface area contributed by atoms with Crippen LogP contribution in [-0.4, -0.2) is 28.6 Å². The first-order valence-corrected chi connectivity index (χ1v) is 5.32. The van der Waals surface area contributed by atoms with Gasteiger partial charge in [0.15, 0.2) is 0 Å². The van der Waals surface area contributed by atoms with E-state index in [1.54, 1.807) is 0 Å². The Kier molecular flexibility index (Phi) is 4.46. The van der Waals surface area contributed by atoms with Gasteiger partial charge in [0.05, 0.1) is 6.61 Å². The first-order valence-electron chi connectivity index (χ1n) is 5.32. The number of carbonyl (C=O) groups excluding carboxylic acids is 2. The minimum atomic E-state index is -1.18. The van der Waals surface area contributed by atoms with Gasteiger partial charge in [-0.25, -0.2) is 9.59 Å². The number of carbonyl (C=O) groups is 2. The molecule has 0 fully saturated rings. The fourth-order valence-electron chi connectivity index (χ4n) is 1.29. The summed E-state index contributed by atoms with van der Waals surface area (Å²) in [7, 11) is 0. The SMILES string of the molecule is CCOC(=O)C(=O)C=C(O)c1c(O)cc(C)oc1=O. The number of rotatable bonds is 4. The van der Waals surface area contributed by atoms with Crippen molar-refractivity contribution in [3.63, 3.8) is 0 Å². The van der Waals surface area contributed by atoms with Gasteiger partial charge in [-0.3, -0.25) is 4.79 Å². The highest BCUT2D eigenvalue weighted by molar-refractivity contribution is 6.39. The second-order valence-electron chi connectivity index (χ2n) is 3.52. The molecule has 7 heteroatoms. The molecule has 102 valence electrons. The van der Waals surface area contributed by atoms with Gasteiger partial charge in [0, 0.05) is 12.1 Å². The van der Waals surface area contributed by atoms with Crippen LogP contribution in [0.3, 0.4) is 0 Å². The fraction of sp³-hybridized carbons (Fsp3) is 0.250. The maximum Gasteiger partial charge on any atom is 0.379 e. The van der Waals surface area contributed by atoms with Crippen LogP contribution in [0.5, 0.6) is 5.75 Å². The van der Waals surface area contributed by atoms with Crippen molar-refractivity contribution in [1.82, 2.24) is 0 Å². The second-order valence-corrected chi connectivity index (χ2v) is 3.52. The van der Waals surface area contributed by atoms with Gasteiger partial charge in [0.2, 0.25) is 0 Å². The number of ketones is 1. The zero-order valence-corrected chi connectivity index (χ0v) is 10.3. The first-order chi connectivity index (χ1) is 8.86. The molecule has 0 aliphatic rings. The van der Waals surface area contributed by atoms with Gasteiger partial charge in [0.25, 0.3) is 5.78 Å². The van der Waals surface area contributed by atoms with Crippen molar-refractivity contribution in [3.05, 3.63) is 33.9 Å². The average Bonchev–Trinajstić information content (AvgIpc) is 2.27. The molecule has 19 heavy (non-hydrogen) atoms. The molecule has 0 saturated carbocycles. The number of hydrogen-bond donors (Lipinski definition) is 2. The number of aliphatic hydroxyl groups excluding tert-OH is 1. The number of esters is 1.